The minimum Gasteiger partial charge on any atom is -0.744 e. The summed E-state index contributed by atoms with van der Waals surface area (Å²) in [5.74, 6) is -0.874. The van der Waals surface area contributed by atoms with E-state index in [0.717, 1.165) is 6.07 Å². The first-order valence-electron chi connectivity index (χ1n) is 8.44. The molecule has 0 aliphatic carbocycles. The predicted molar refractivity (Wildman–Crippen MR) is 110 cm³/mol. The second-order valence-corrected chi connectivity index (χ2v) is 9.25. The van der Waals surface area contributed by atoms with E-state index in [1.807, 2.05) is 0 Å². The number of anilines is 1. The smallest absolute Gasteiger partial charge is 0.744 e. The third kappa shape index (κ3) is 5.69. The summed E-state index contributed by atoms with van der Waals surface area (Å²) in [6.07, 6.45) is 0. The first-order valence-corrected chi connectivity index (χ1v) is 11.4. The van der Waals surface area contributed by atoms with Gasteiger partial charge in [0, 0.05) is 12.3 Å². The van der Waals surface area contributed by atoms with Crippen LogP contribution in [0.5, 0.6) is 5.75 Å². The van der Waals surface area contributed by atoms with Crippen LogP contribution in [0.4, 0.5) is 17.1 Å². The molecule has 3 aromatic carbocycles. The molecule has 0 radical (unpaired) electrons. The third-order valence-electron chi connectivity index (χ3n) is 4.10. The maximum absolute atomic E-state index is 11.8. The second kappa shape index (κ2) is 9.62. The summed E-state index contributed by atoms with van der Waals surface area (Å²) in [5, 5.41) is 25.3. The Bertz CT molecular complexity index is 1440. The Balaban J connectivity index is 0.00000363. The van der Waals surface area contributed by atoms with Gasteiger partial charge in [-0.3, -0.25) is 4.79 Å². The fourth-order valence-electron chi connectivity index (χ4n) is 2.83. The van der Waals surface area contributed by atoms with Crippen LogP contribution in [-0.2, 0) is 24.9 Å². The molecule has 1 amide bonds. The van der Waals surface area contributed by atoms with Gasteiger partial charge in [0.15, 0.2) is 0 Å². The van der Waals surface area contributed by atoms with Gasteiger partial charge in [0.1, 0.15) is 15.9 Å². The number of fused-ring (bicyclic) bond motifs is 1. The zero-order valence-corrected chi connectivity index (χ0v) is 20.4. The number of primary sulfonamides is 1. The number of hydrogen-bond acceptors (Lipinski definition) is 9. The molecule has 0 fully saturated rings. The summed E-state index contributed by atoms with van der Waals surface area (Å²) in [6.45, 7) is 1.22. The van der Waals surface area contributed by atoms with Crippen LogP contribution < -0.4 is 40.0 Å². The van der Waals surface area contributed by atoms with Crippen molar-refractivity contribution in [3.05, 3.63) is 48.5 Å². The number of phenolic OH excluding ortho intramolecular Hbond substituents is 1. The van der Waals surface area contributed by atoms with Crippen LogP contribution in [0.1, 0.15) is 6.92 Å². The topological polar surface area (TPSA) is 191 Å². The Hall–Kier alpha value is -2.39. The molecule has 0 aliphatic heterocycles. The van der Waals surface area contributed by atoms with Gasteiger partial charge in [0.25, 0.3) is 0 Å². The summed E-state index contributed by atoms with van der Waals surface area (Å²) in [5.41, 5.74) is 0.199. The molecule has 4 N–H and O–H groups in total. The Morgan fingerprint density at radius 3 is 2.12 bits per heavy atom. The molecular weight excluding hydrogens is 471 g/mol. The van der Waals surface area contributed by atoms with Crippen molar-refractivity contribution in [2.45, 2.75) is 16.7 Å². The summed E-state index contributed by atoms with van der Waals surface area (Å²) in [4.78, 5) is 10.7. The molecule has 0 spiro atoms. The van der Waals surface area contributed by atoms with Gasteiger partial charge in [-0.25, -0.2) is 22.0 Å². The molecule has 0 saturated carbocycles. The van der Waals surface area contributed by atoms with Crippen LogP contribution >= 0.6 is 0 Å². The van der Waals surface area contributed by atoms with Gasteiger partial charge in [-0.15, -0.1) is 5.11 Å². The largest absolute Gasteiger partial charge is 1.00 e. The van der Waals surface area contributed by atoms with Crippen LogP contribution in [-0.4, -0.2) is 32.4 Å². The van der Waals surface area contributed by atoms with Crippen LogP contribution in [0.25, 0.3) is 10.8 Å². The van der Waals surface area contributed by atoms with Crippen LogP contribution in [0, 0.1) is 0 Å². The van der Waals surface area contributed by atoms with Gasteiger partial charge < -0.3 is 15.0 Å². The summed E-state index contributed by atoms with van der Waals surface area (Å²) >= 11 is 0. The summed E-state index contributed by atoms with van der Waals surface area (Å²) in [6, 6.07) is 9.68. The molecule has 32 heavy (non-hydrogen) atoms. The van der Waals surface area contributed by atoms with E-state index in [1.54, 1.807) is 0 Å². The van der Waals surface area contributed by atoms with Crippen LogP contribution in [0.3, 0.4) is 0 Å². The molecule has 11 nitrogen and oxygen atoms in total. The first kappa shape index (κ1) is 25.9. The van der Waals surface area contributed by atoms with Crippen LogP contribution in [0.2, 0.25) is 0 Å². The van der Waals surface area contributed by atoms with Crippen molar-refractivity contribution in [1.29, 1.82) is 0 Å². The van der Waals surface area contributed by atoms with Gasteiger partial charge in [0.05, 0.1) is 32.2 Å². The number of nitrogens with one attached hydrogen (secondary N) is 1. The van der Waals surface area contributed by atoms with E-state index >= 15 is 0 Å². The van der Waals surface area contributed by atoms with Gasteiger partial charge >= 0.3 is 29.6 Å². The van der Waals surface area contributed by atoms with E-state index in [4.69, 9.17) is 5.14 Å². The zero-order chi connectivity index (χ0) is 23.0. The maximum Gasteiger partial charge on any atom is 1.00 e. The number of amides is 1. The van der Waals surface area contributed by atoms with E-state index < -0.39 is 30.9 Å². The van der Waals surface area contributed by atoms with Crippen molar-refractivity contribution < 1.29 is 60.8 Å². The number of aromatic hydroxyl groups is 1. The van der Waals surface area contributed by atoms with Crippen molar-refractivity contribution in [3.8, 4) is 5.75 Å². The number of rotatable bonds is 5. The van der Waals surface area contributed by atoms with Crippen molar-refractivity contribution in [2.24, 2.45) is 15.4 Å². The molecule has 14 heteroatoms. The predicted octanol–water partition coefficient (Wildman–Crippen LogP) is -0.525. The van der Waals surface area contributed by atoms with Crippen molar-refractivity contribution in [1.82, 2.24) is 0 Å². The summed E-state index contributed by atoms with van der Waals surface area (Å²) < 4.78 is 58.0. The van der Waals surface area contributed by atoms with E-state index in [1.165, 1.54) is 49.4 Å². The Morgan fingerprint density at radius 1 is 0.969 bits per heavy atom. The quantitative estimate of drug-likeness (QED) is 0.245. The van der Waals surface area contributed by atoms with Crippen molar-refractivity contribution in [3.63, 3.8) is 0 Å². The van der Waals surface area contributed by atoms with Crippen molar-refractivity contribution in [2.75, 3.05) is 5.32 Å². The number of carbonyl (C=O) groups is 1. The molecule has 0 atom stereocenters. The number of hydrogen-bond donors (Lipinski definition) is 3. The SMILES string of the molecule is CC(=O)Nc1ccc(S(=O)(=O)[O-])c2c(/N=N/c3ccc(S(N)(=O)=O)cc3)ccc(O)c12.[Na+]. The van der Waals surface area contributed by atoms with Gasteiger partial charge in [-0.2, -0.15) is 5.11 Å². The minimum atomic E-state index is -4.97. The molecular formula is C18H15N4NaO7S2. The number of carbonyl (C=O) groups excluding carboxylic acids is 1. The fraction of sp³-hybridized carbons (Fsp3) is 0.0556. The van der Waals surface area contributed by atoms with E-state index in [-0.39, 0.29) is 68.0 Å². The monoisotopic (exact) mass is 486 g/mol. The molecule has 0 aromatic heterocycles. The van der Waals surface area contributed by atoms with E-state index in [2.05, 4.69) is 15.5 Å². The van der Waals surface area contributed by atoms with E-state index in [9.17, 15) is 31.3 Å². The van der Waals surface area contributed by atoms with Gasteiger partial charge in [0.2, 0.25) is 15.9 Å². The van der Waals surface area contributed by atoms with Crippen LogP contribution in [0.15, 0.2) is 68.6 Å². The van der Waals surface area contributed by atoms with Crippen molar-refractivity contribution >= 4 is 53.9 Å². The number of benzene rings is 3. The first-order chi connectivity index (χ1) is 14.4. The average molecular weight is 486 g/mol. The van der Waals surface area contributed by atoms with E-state index in [0.29, 0.717) is 0 Å². The zero-order valence-electron chi connectivity index (χ0n) is 16.8. The number of sulfonamides is 1. The third-order valence-corrected chi connectivity index (χ3v) is 5.91. The fourth-order valence-corrected chi connectivity index (χ4v) is 4.03. The molecule has 0 bridgehead atoms. The molecule has 162 valence electrons. The average Bonchev–Trinajstić information content (AvgIpc) is 2.65. The molecule has 3 aromatic rings. The number of nitrogens with zero attached hydrogens (tertiary/aromatic N) is 2. The normalized spacial score (nSPS) is 12.0. The maximum atomic E-state index is 11.8. The summed E-state index contributed by atoms with van der Waals surface area (Å²) in [7, 11) is -8.87. The Kier molecular flexibility index (Phi) is 7.78. The number of phenols is 1. The molecule has 3 rings (SSSR count). The second-order valence-electron chi connectivity index (χ2n) is 6.34. The Morgan fingerprint density at radius 2 is 1.59 bits per heavy atom. The standard InChI is InChI=1S/C18H16N4O7S2.Na/c1-10(23)20-13-7-9-16(31(27,28)29)18-14(6-8-15(24)17(13)18)22-21-11-2-4-12(5-3-11)30(19,25)26;/h2-9,24H,1H3,(H,20,23)(H2,19,25,26)(H,27,28,29);/q;+1/p-1/b22-21+;. The molecule has 0 unspecified atom stereocenters. The van der Waals surface area contributed by atoms with Gasteiger partial charge in [-0.1, -0.05) is 0 Å². The van der Waals surface area contributed by atoms with Gasteiger partial charge in [-0.05, 0) is 48.5 Å². The molecule has 0 aliphatic rings. The Labute approximate surface area is 205 Å². The minimum absolute atomic E-state index is 0. The number of nitrogens with two attached hydrogens (primary N) is 1. The number of azo groups is 1. The molecule has 0 heterocycles. The molecule has 0 saturated heterocycles.